The van der Waals surface area contributed by atoms with Crippen LogP contribution >= 0.6 is 8.25 Å². The van der Waals surface area contributed by atoms with E-state index in [0.717, 1.165) is 6.42 Å². The zero-order valence-electron chi connectivity index (χ0n) is 24.2. The molecule has 0 N–H and O–H groups in total. The van der Waals surface area contributed by atoms with Crippen LogP contribution in [0.3, 0.4) is 0 Å². The van der Waals surface area contributed by atoms with Gasteiger partial charge in [-0.3, -0.25) is 0 Å². The molecule has 0 aliphatic heterocycles. The van der Waals surface area contributed by atoms with Gasteiger partial charge in [0.2, 0.25) is 0 Å². The Labute approximate surface area is 222 Å². The molecule has 0 rings (SSSR count). The molecular weight excluding hydrogens is 451 g/mol. The van der Waals surface area contributed by atoms with Crippen molar-refractivity contribution in [1.29, 1.82) is 0 Å². The first-order chi connectivity index (χ1) is 17.3. The van der Waals surface area contributed by atoms with Crippen molar-refractivity contribution >= 4 is 8.25 Å². The molecule has 0 saturated carbocycles. The topological polar surface area (TPSA) is 35.5 Å². The molecule has 1 atom stereocenters. The van der Waals surface area contributed by atoms with Crippen LogP contribution in [-0.2, 0) is 13.6 Å². The zero-order chi connectivity index (χ0) is 25.5. The van der Waals surface area contributed by atoms with Gasteiger partial charge in [0.05, 0.1) is 7.11 Å². The SMILES string of the molecule is CCCCCCCCCCCCCCCCCCCCCCCCCCCCCCO[P+](=O)OC. The monoisotopic (exact) mass is 515 g/mol. The summed E-state index contributed by atoms with van der Waals surface area (Å²) in [5.41, 5.74) is 0. The van der Waals surface area contributed by atoms with E-state index in [0.29, 0.717) is 6.61 Å². The predicted molar refractivity (Wildman–Crippen MR) is 156 cm³/mol. The summed E-state index contributed by atoms with van der Waals surface area (Å²) < 4.78 is 20.6. The van der Waals surface area contributed by atoms with Gasteiger partial charge >= 0.3 is 8.25 Å². The standard InChI is InChI=1S/C31H64O3P/c1-3-4-5-6-7-8-9-10-11-12-13-14-15-16-17-18-19-20-21-22-23-24-25-26-27-28-29-30-31-34-35(32)33-2/h3-31H2,1-2H3/q+1. The summed E-state index contributed by atoms with van der Waals surface area (Å²) in [4.78, 5) is 0. The van der Waals surface area contributed by atoms with Gasteiger partial charge in [0.1, 0.15) is 6.61 Å². The van der Waals surface area contributed by atoms with Crippen molar-refractivity contribution in [3.05, 3.63) is 0 Å². The molecule has 0 saturated heterocycles. The first-order valence-electron chi connectivity index (χ1n) is 16.0. The van der Waals surface area contributed by atoms with Gasteiger partial charge < -0.3 is 0 Å². The maximum absolute atomic E-state index is 11.0. The molecular formula is C31H64O3P+. The Balaban J connectivity index is 3.02. The van der Waals surface area contributed by atoms with Crippen LogP contribution in [0.4, 0.5) is 0 Å². The highest BCUT2D eigenvalue weighted by Crippen LogP contribution is 2.22. The van der Waals surface area contributed by atoms with Gasteiger partial charge in [-0.05, 0) is 6.42 Å². The molecule has 4 heteroatoms. The van der Waals surface area contributed by atoms with E-state index < -0.39 is 8.25 Å². The van der Waals surface area contributed by atoms with Crippen LogP contribution in [0.1, 0.15) is 187 Å². The minimum Gasteiger partial charge on any atom is -0.122 e. The van der Waals surface area contributed by atoms with Crippen molar-refractivity contribution in [3.8, 4) is 0 Å². The Morgan fingerprint density at radius 1 is 0.400 bits per heavy atom. The van der Waals surface area contributed by atoms with E-state index in [9.17, 15) is 4.57 Å². The summed E-state index contributed by atoms with van der Waals surface area (Å²) in [6, 6.07) is 0. The second-order valence-corrected chi connectivity index (χ2v) is 11.9. The van der Waals surface area contributed by atoms with Crippen LogP contribution in [0, 0.1) is 0 Å². The van der Waals surface area contributed by atoms with Gasteiger partial charge in [0.25, 0.3) is 0 Å². The fourth-order valence-electron chi connectivity index (χ4n) is 4.96. The lowest BCUT2D eigenvalue weighted by atomic mass is 10.0. The maximum Gasteiger partial charge on any atom is 0.697 e. The molecule has 0 aliphatic carbocycles. The number of hydrogen-bond donors (Lipinski definition) is 0. The Kier molecular flexibility index (Phi) is 32.1. The molecule has 0 heterocycles. The molecule has 0 aromatic heterocycles. The van der Waals surface area contributed by atoms with E-state index in [1.54, 1.807) is 0 Å². The third kappa shape index (κ3) is 32.0. The first kappa shape index (κ1) is 35.0. The molecule has 210 valence electrons. The van der Waals surface area contributed by atoms with E-state index >= 15 is 0 Å². The summed E-state index contributed by atoms with van der Waals surface area (Å²) in [7, 11) is -0.461. The number of rotatable bonds is 31. The highest BCUT2D eigenvalue weighted by Gasteiger charge is 2.15. The van der Waals surface area contributed by atoms with Crippen molar-refractivity contribution in [2.24, 2.45) is 0 Å². The van der Waals surface area contributed by atoms with E-state index in [2.05, 4.69) is 11.4 Å². The van der Waals surface area contributed by atoms with Gasteiger partial charge in [-0.1, -0.05) is 180 Å². The van der Waals surface area contributed by atoms with Gasteiger partial charge in [0, 0.05) is 4.57 Å². The average Bonchev–Trinajstić information content (AvgIpc) is 2.87. The van der Waals surface area contributed by atoms with E-state index in [1.165, 1.54) is 180 Å². The van der Waals surface area contributed by atoms with Gasteiger partial charge in [-0.15, -0.1) is 9.05 Å². The van der Waals surface area contributed by atoms with Gasteiger partial charge in [-0.25, -0.2) is 0 Å². The minimum atomic E-state index is -1.88. The predicted octanol–water partition coefficient (Wildman–Crippen LogP) is 12.2. The summed E-state index contributed by atoms with van der Waals surface area (Å²) >= 11 is 0. The minimum absolute atomic E-state index is 0.558. The molecule has 0 amide bonds. The lowest BCUT2D eigenvalue weighted by molar-refractivity contribution is 0.250. The normalized spacial score (nSPS) is 11.9. The molecule has 0 radical (unpaired) electrons. The van der Waals surface area contributed by atoms with E-state index in [4.69, 9.17) is 4.52 Å². The highest BCUT2D eigenvalue weighted by atomic mass is 31.1. The van der Waals surface area contributed by atoms with Crippen molar-refractivity contribution in [1.82, 2.24) is 0 Å². The molecule has 0 aromatic carbocycles. The van der Waals surface area contributed by atoms with E-state index in [-0.39, 0.29) is 0 Å². The second-order valence-electron chi connectivity index (χ2n) is 10.8. The largest absolute Gasteiger partial charge is 0.697 e. The van der Waals surface area contributed by atoms with Crippen LogP contribution in [0.2, 0.25) is 0 Å². The summed E-state index contributed by atoms with van der Waals surface area (Å²) in [6.45, 7) is 2.86. The van der Waals surface area contributed by atoms with Crippen molar-refractivity contribution in [2.45, 2.75) is 187 Å². The molecule has 0 spiro atoms. The summed E-state index contributed by atoms with van der Waals surface area (Å²) in [6.07, 6.45) is 39.6. The number of unbranched alkanes of at least 4 members (excludes halogenated alkanes) is 27. The fourth-order valence-corrected chi connectivity index (χ4v) is 5.35. The summed E-state index contributed by atoms with van der Waals surface area (Å²) in [5, 5.41) is 0. The fraction of sp³-hybridized carbons (Fsp3) is 1.00. The van der Waals surface area contributed by atoms with Crippen molar-refractivity contribution in [2.75, 3.05) is 13.7 Å². The molecule has 3 nitrogen and oxygen atoms in total. The smallest absolute Gasteiger partial charge is 0.122 e. The van der Waals surface area contributed by atoms with Crippen molar-refractivity contribution < 1.29 is 13.6 Å². The van der Waals surface area contributed by atoms with E-state index in [1.807, 2.05) is 0 Å². The van der Waals surface area contributed by atoms with Crippen LogP contribution < -0.4 is 0 Å². The molecule has 35 heavy (non-hydrogen) atoms. The third-order valence-electron chi connectivity index (χ3n) is 7.34. The van der Waals surface area contributed by atoms with Crippen LogP contribution in [0.15, 0.2) is 0 Å². The van der Waals surface area contributed by atoms with Crippen LogP contribution in [-0.4, -0.2) is 13.7 Å². The van der Waals surface area contributed by atoms with Crippen LogP contribution in [0.25, 0.3) is 0 Å². The molecule has 0 bridgehead atoms. The Morgan fingerprint density at radius 3 is 0.857 bits per heavy atom. The Morgan fingerprint density at radius 2 is 0.629 bits per heavy atom. The Bertz CT molecular complexity index is 403. The van der Waals surface area contributed by atoms with Gasteiger partial charge in [0.15, 0.2) is 0 Å². The number of hydrogen-bond acceptors (Lipinski definition) is 3. The highest BCUT2D eigenvalue weighted by molar-refractivity contribution is 7.33. The van der Waals surface area contributed by atoms with Gasteiger partial charge in [-0.2, -0.15) is 0 Å². The second kappa shape index (κ2) is 32.0. The quantitative estimate of drug-likeness (QED) is 0.0680. The molecule has 0 fully saturated rings. The molecule has 0 aliphatic rings. The zero-order valence-corrected chi connectivity index (χ0v) is 25.1. The summed E-state index contributed by atoms with van der Waals surface area (Å²) in [5.74, 6) is 0. The maximum atomic E-state index is 11.0. The lowest BCUT2D eigenvalue weighted by Gasteiger charge is -2.04. The van der Waals surface area contributed by atoms with Crippen LogP contribution in [0.5, 0.6) is 0 Å². The first-order valence-corrected chi connectivity index (χ1v) is 17.0. The Hall–Kier alpha value is 0.0200. The lowest BCUT2D eigenvalue weighted by Crippen LogP contribution is -1.88. The average molecular weight is 516 g/mol. The molecule has 0 aromatic rings. The third-order valence-corrected chi connectivity index (χ3v) is 8.04. The van der Waals surface area contributed by atoms with Crippen molar-refractivity contribution in [3.63, 3.8) is 0 Å². The molecule has 1 unspecified atom stereocenters.